The first-order valence-corrected chi connectivity index (χ1v) is 6.71. The molecular formula is C9H17N3O2S2. The van der Waals surface area contributed by atoms with Crippen LogP contribution < -0.4 is 5.73 Å². The fraction of sp³-hybridized carbons (Fsp3) is 0.778. The zero-order valence-electron chi connectivity index (χ0n) is 9.42. The number of aromatic nitrogens is 2. The summed E-state index contributed by atoms with van der Waals surface area (Å²) in [5.41, 5.74) is 5.88. The van der Waals surface area contributed by atoms with E-state index in [0.29, 0.717) is 6.61 Å². The Morgan fingerprint density at radius 1 is 1.62 bits per heavy atom. The molecular weight excluding hydrogens is 246 g/mol. The SMILES string of the molecule is CCc1nsc(SC(CO)C(N)COC)n1. The molecule has 0 radical (unpaired) electrons. The maximum atomic E-state index is 9.25. The average Bonchev–Trinajstić information content (AvgIpc) is 2.73. The first-order valence-electron chi connectivity index (χ1n) is 5.05. The number of rotatable bonds is 7. The van der Waals surface area contributed by atoms with Gasteiger partial charge in [-0.25, -0.2) is 4.98 Å². The Morgan fingerprint density at radius 2 is 2.38 bits per heavy atom. The molecule has 0 aliphatic carbocycles. The summed E-state index contributed by atoms with van der Waals surface area (Å²) in [6, 6.07) is -0.200. The van der Waals surface area contributed by atoms with Crippen molar-refractivity contribution < 1.29 is 9.84 Å². The summed E-state index contributed by atoms with van der Waals surface area (Å²) in [5.74, 6) is 0.838. The van der Waals surface area contributed by atoms with Crippen molar-refractivity contribution in [3.8, 4) is 0 Å². The van der Waals surface area contributed by atoms with Gasteiger partial charge in [-0.1, -0.05) is 18.7 Å². The van der Waals surface area contributed by atoms with Crippen LogP contribution >= 0.6 is 23.3 Å². The molecule has 5 nitrogen and oxygen atoms in total. The molecule has 0 amide bonds. The molecule has 7 heteroatoms. The van der Waals surface area contributed by atoms with Crippen LogP contribution in [0.25, 0.3) is 0 Å². The number of ether oxygens (including phenoxy) is 1. The highest BCUT2D eigenvalue weighted by molar-refractivity contribution is 8.01. The van der Waals surface area contributed by atoms with Crippen LogP contribution in [0, 0.1) is 0 Å². The summed E-state index contributed by atoms with van der Waals surface area (Å²) < 4.78 is 10.0. The topological polar surface area (TPSA) is 81.3 Å². The van der Waals surface area contributed by atoms with Gasteiger partial charge in [0.2, 0.25) is 0 Å². The van der Waals surface area contributed by atoms with E-state index in [1.165, 1.54) is 23.3 Å². The van der Waals surface area contributed by atoms with Crippen LogP contribution in [0.3, 0.4) is 0 Å². The predicted molar refractivity (Wildman–Crippen MR) is 65.9 cm³/mol. The maximum absolute atomic E-state index is 9.25. The van der Waals surface area contributed by atoms with Crippen molar-refractivity contribution in [3.63, 3.8) is 0 Å². The number of thioether (sulfide) groups is 1. The zero-order valence-corrected chi connectivity index (χ0v) is 11.1. The smallest absolute Gasteiger partial charge is 0.170 e. The fourth-order valence-corrected chi connectivity index (χ4v) is 3.02. The van der Waals surface area contributed by atoms with Crippen LogP contribution in [0.2, 0.25) is 0 Å². The van der Waals surface area contributed by atoms with Gasteiger partial charge in [0.25, 0.3) is 0 Å². The highest BCUT2D eigenvalue weighted by Crippen LogP contribution is 2.26. The van der Waals surface area contributed by atoms with E-state index in [1.807, 2.05) is 6.92 Å². The zero-order chi connectivity index (χ0) is 12.0. The van der Waals surface area contributed by atoms with E-state index in [9.17, 15) is 5.11 Å². The second-order valence-corrected chi connectivity index (χ2v) is 5.53. The summed E-state index contributed by atoms with van der Waals surface area (Å²) in [4.78, 5) is 4.32. The van der Waals surface area contributed by atoms with Crippen molar-refractivity contribution in [1.29, 1.82) is 0 Å². The summed E-state index contributed by atoms with van der Waals surface area (Å²) in [6.45, 7) is 2.45. The average molecular weight is 263 g/mol. The first kappa shape index (κ1) is 13.9. The number of aliphatic hydroxyl groups excluding tert-OH is 1. The molecule has 1 rings (SSSR count). The number of nitrogens with zero attached hydrogens (tertiary/aromatic N) is 2. The van der Waals surface area contributed by atoms with Crippen molar-refractivity contribution in [2.75, 3.05) is 20.3 Å². The van der Waals surface area contributed by atoms with Crippen molar-refractivity contribution in [2.45, 2.75) is 29.0 Å². The third kappa shape index (κ3) is 3.99. The van der Waals surface area contributed by atoms with Crippen LogP contribution in [0.1, 0.15) is 12.7 Å². The molecule has 16 heavy (non-hydrogen) atoms. The van der Waals surface area contributed by atoms with Crippen molar-refractivity contribution in [2.24, 2.45) is 5.73 Å². The van der Waals surface area contributed by atoms with Crippen LogP contribution in [0.4, 0.5) is 0 Å². The van der Waals surface area contributed by atoms with Crippen LogP contribution in [0.15, 0.2) is 4.34 Å². The summed E-state index contributed by atoms with van der Waals surface area (Å²) in [5, 5.41) is 9.15. The minimum absolute atomic E-state index is 0.0102. The molecule has 0 aliphatic rings. The Bertz CT molecular complexity index is 309. The lowest BCUT2D eigenvalue weighted by molar-refractivity contribution is 0.167. The summed E-state index contributed by atoms with van der Waals surface area (Å²) in [7, 11) is 1.60. The highest BCUT2D eigenvalue weighted by Gasteiger charge is 2.20. The highest BCUT2D eigenvalue weighted by atomic mass is 32.2. The van der Waals surface area contributed by atoms with Gasteiger partial charge in [0.1, 0.15) is 5.82 Å². The molecule has 3 N–H and O–H groups in total. The molecule has 1 aromatic rings. The maximum Gasteiger partial charge on any atom is 0.170 e. The van der Waals surface area contributed by atoms with E-state index in [2.05, 4.69) is 9.36 Å². The lowest BCUT2D eigenvalue weighted by Gasteiger charge is -2.19. The molecule has 92 valence electrons. The molecule has 2 atom stereocenters. The largest absolute Gasteiger partial charge is 0.395 e. The Morgan fingerprint density at radius 3 is 2.88 bits per heavy atom. The molecule has 2 unspecified atom stereocenters. The first-order chi connectivity index (χ1) is 7.71. The van der Waals surface area contributed by atoms with Crippen molar-refractivity contribution in [1.82, 2.24) is 9.36 Å². The third-order valence-corrected chi connectivity index (χ3v) is 4.19. The molecule has 0 bridgehead atoms. The van der Waals surface area contributed by atoms with Gasteiger partial charge in [-0.3, -0.25) is 0 Å². The van der Waals surface area contributed by atoms with Gasteiger partial charge in [0.05, 0.1) is 18.5 Å². The van der Waals surface area contributed by atoms with Gasteiger partial charge >= 0.3 is 0 Å². The third-order valence-electron chi connectivity index (χ3n) is 2.03. The van der Waals surface area contributed by atoms with Crippen molar-refractivity contribution >= 4 is 23.3 Å². The van der Waals surface area contributed by atoms with Crippen molar-refractivity contribution in [3.05, 3.63) is 5.82 Å². The second-order valence-electron chi connectivity index (χ2n) is 3.29. The minimum Gasteiger partial charge on any atom is -0.395 e. The molecule has 1 heterocycles. The minimum atomic E-state index is -0.200. The van der Waals surface area contributed by atoms with E-state index in [1.54, 1.807) is 7.11 Å². The van der Waals surface area contributed by atoms with Crippen LogP contribution in [0.5, 0.6) is 0 Å². The number of hydrogen-bond donors (Lipinski definition) is 2. The Hall–Kier alpha value is -0.210. The monoisotopic (exact) mass is 263 g/mol. The molecule has 0 spiro atoms. The molecule has 0 saturated carbocycles. The number of aryl methyl sites for hydroxylation is 1. The lowest BCUT2D eigenvalue weighted by atomic mass is 10.2. The number of nitrogens with two attached hydrogens (primary N) is 1. The van der Waals surface area contributed by atoms with Gasteiger partial charge in [0.15, 0.2) is 4.34 Å². The van der Waals surface area contributed by atoms with E-state index < -0.39 is 0 Å². The number of aliphatic hydroxyl groups is 1. The van der Waals surface area contributed by atoms with Gasteiger partial charge in [0, 0.05) is 19.6 Å². The predicted octanol–water partition coefficient (Wildman–Crippen LogP) is 0.527. The number of hydrogen-bond acceptors (Lipinski definition) is 7. The van der Waals surface area contributed by atoms with E-state index >= 15 is 0 Å². The van der Waals surface area contributed by atoms with Gasteiger partial charge in [-0.15, -0.1) is 0 Å². The normalized spacial score (nSPS) is 15.0. The van der Waals surface area contributed by atoms with Gasteiger partial charge < -0.3 is 15.6 Å². The molecule has 0 fully saturated rings. The summed E-state index contributed by atoms with van der Waals surface area (Å²) in [6.07, 6.45) is 0.824. The van der Waals surface area contributed by atoms with Crippen LogP contribution in [-0.4, -0.2) is 46.1 Å². The van der Waals surface area contributed by atoms with Gasteiger partial charge in [-0.2, -0.15) is 4.37 Å². The molecule has 0 saturated heterocycles. The lowest BCUT2D eigenvalue weighted by Crippen LogP contribution is -2.38. The number of methoxy groups -OCH3 is 1. The fourth-order valence-electron chi connectivity index (χ4n) is 1.12. The van der Waals surface area contributed by atoms with E-state index in [-0.39, 0.29) is 17.9 Å². The Labute approximate surface area is 104 Å². The standard InChI is InChI=1S/C9H17N3O2S2/c1-3-8-11-9(16-12-8)15-7(4-13)6(10)5-14-2/h6-7,13H,3-5,10H2,1-2H3. The van der Waals surface area contributed by atoms with E-state index in [4.69, 9.17) is 10.5 Å². The summed E-state index contributed by atoms with van der Waals surface area (Å²) >= 11 is 2.81. The van der Waals surface area contributed by atoms with E-state index in [0.717, 1.165) is 16.6 Å². The Balaban J connectivity index is 2.55. The quantitative estimate of drug-likeness (QED) is 0.698. The Kier molecular flexibility index (Phi) is 6.22. The second kappa shape index (κ2) is 7.18. The molecule has 0 aliphatic heterocycles. The van der Waals surface area contributed by atoms with Gasteiger partial charge in [-0.05, 0) is 11.5 Å². The van der Waals surface area contributed by atoms with Crippen LogP contribution in [-0.2, 0) is 11.2 Å². The molecule has 0 aromatic carbocycles. The molecule has 1 aromatic heterocycles.